The molecular formula is C24H27N3. The van der Waals surface area contributed by atoms with Gasteiger partial charge in [0.05, 0.1) is 25.0 Å². The molecule has 0 atom stereocenters. The Hall–Kier alpha value is -2.94. The summed E-state index contributed by atoms with van der Waals surface area (Å²) in [7, 11) is 0. The zero-order valence-electron chi connectivity index (χ0n) is 16.3. The fraction of sp³-hybridized carbons (Fsp3) is 0.250. The van der Waals surface area contributed by atoms with Crippen LogP contribution in [0.2, 0.25) is 0 Å². The summed E-state index contributed by atoms with van der Waals surface area (Å²) in [5.41, 5.74) is 4.72. The maximum atomic E-state index is 4.75. The van der Waals surface area contributed by atoms with E-state index >= 15 is 0 Å². The Bertz CT molecular complexity index is 823. The summed E-state index contributed by atoms with van der Waals surface area (Å²) in [6, 6.07) is 25.0. The van der Waals surface area contributed by atoms with Crippen LogP contribution < -0.4 is 0 Å². The van der Waals surface area contributed by atoms with E-state index in [2.05, 4.69) is 91.4 Å². The highest BCUT2D eigenvalue weighted by Crippen LogP contribution is 2.21. The average Bonchev–Trinajstić information content (AvgIpc) is 2.67. The number of aromatic nitrogens is 1. The normalized spacial score (nSPS) is 11.7. The Balaban J connectivity index is 1.81. The van der Waals surface area contributed by atoms with Crippen LogP contribution in [-0.2, 0) is 18.5 Å². The van der Waals surface area contributed by atoms with E-state index < -0.39 is 0 Å². The van der Waals surface area contributed by atoms with Crippen LogP contribution in [0.25, 0.3) is 0 Å². The molecule has 0 saturated heterocycles. The minimum atomic E-state index is 0.0965. The first-order valence-electron chi connectivity index (χ1n) is 9.34. The standard InChI is InChI=1S/C24H27N3/c1-24(2,3)22-14-15-25-23(16-22)17-26-27(18-20-10-6-4-7-11-20)19-21-12-8-5-9-13-21/h4-17H,18-19H2,1-3H3/b26-17+. The molecular weight excluding hydrogens is 330 g/mol. The first-order chi connectivity index (χ1) is 13.0. The molecule has 0 fully saturated rings. The molecule has 1 aromatic heterocycles. The zero-order chi connectivity index (χ0) is 19.1. The molecule has 0 aliphatic heterocycles. The van der Waals surface area contributed by atoms with Crippen molar-refractivity contribution in [1.29, 1.82) is 0 Å². The summed E-state index contributed by atoms with van der Waals surface area (Å²) < 4.78 is 0. The maximum absolute atomic E-state index is 4.75. The lowest BCUT2D eigenvalue weighted by Gasteiger charge is -2.20. The third-order valence-electron chi connectivity index (χ3n) is 4.42. The van der Waals surface area contributed by atoms with Crippen LogP contribution in [0.1, 0.15) is 43.2 Å². The van der Waals surface area contributed by atoms with Gasteiger partial charge in [0.25, 0.3) is 0 Å². The van der Waals surface area contributed by atoms with Gasteiger partial charge < -0.3 is 0 Å². The van der Waals surface area contributed by atoms with Gasteiger partial charge in [0, 0.05) is 6.20 Å². The number of hydrogen-bond donors (Lipinski definition) is 0. The molecule has 0 bridgehead atoms. The van der Waals surface area contributed by atoms with Gasteiger partial charge in [0.15, 0.2) is 0 Å². The van der Waals surface area contributed by atoms with E-state index in [1.807, 2.05) is 24.5 Å². The van der Waals surface area contributed by atoms with Gasteiger partial charge in [-0.2, -0.15) is 5.10 Å². The molecule has 0 spiro atoms. The number of pyridine rings is 1. The van der Waals surface area contributed by atoms with Crippen molar-refractivity contribution in [3.63, 3.8) is 0 Å². The summed E-state index contributed by atoms with van der Waals surface area (Å²) in [4.78, 5) is 4.46. The van der Waals surface area contributed by atoms with Crippen LogP contribution in [0, 0.1) is 0 Å². The predicted molar refractivity (Wildman–Crippen MR) is 113 cm³/mol. The smallest absolute Gasteiger partial charge is 0.0833 e. The van der Waals surface area contributed by atoms with Crippen molar-refractivity contribution < 1.29 is 0 Å². The lowest BCUT2D eigenvalue weighted by Crippen LogP contribution is -2.17. The molecule has 3 aromatic rings. The second-order valence-corrected chi connectivity index (χ2v) is 7.76. The van der Waals surface area contributed by atoms with Crippen LogP contribution in [0.15, 0.2) is 84.1 Å². The molecule has 2 aromatic carbocycles. The van der Waals surface area contributed by atoms with Crippen LogP contribution in [-0.4, -0.2) is 16.2 Å². The van der Waals surface area contributed by atoms with Crippen molar-refractivity contribution in [1.82, 2.24) is 9.99 Å². The second kappa shape index (κ2) is 8.63. The van der Waals surface area contributed by atoms with Crippen LogP contribution in [0.3, 0.4) is 0 Å². The number of nitrogens with zero attached hydrogens (tertiary/aromatic N) is 3. The lowest BCUT2D eigenvalue weighted by atomic mass is 9.87. The molecule has 27 heavy (non-hydrogen) atoms. The van der Waals surface area contributed by atoms with Gasteiger partial charge in [-0.3, -0.25) is 9.99 Å². The van der Waals surface area contributed by atoms with Gasteiger partial charge in [-0.25, -0.2) is 0 Å². The lowest BCUT2D eigenvalue weighted by molar-refractivity contribution is 0.272. The van der Waals surface area contributed by atoms with Crippen molar-refractivity contribution in [2.75, 3.05) is 0 Å². The van der Waals surface area contributed by atoms with Gasteiger partial charge in [-0.15, -0.1) is 0 Å². The van der Waals surface area contributed by atoms with Crippen LogP contribution in [0.5, 0.6) is 0 Å². The maximum Gasteiger partial charge on any atom is 0.0833 e. The van der Waals surface area contributed by atoms with Gasteiger partial charge in [0.1, 0.15) is 0 Å². The molecule has 0 saturated carbocycles. The molecule has 1 heterocycles. The van der Waals surface area contributed by atoms with E-state index in [4.69, 9.17) is 5.10 Å². The van der Waals surface area contributed by atoms with Crippen LogP contribution in [0.4, 0.5) is 0 Å². The summed E-state index contributed by atoms with van der Waals surface area (Å²) in [5, 5.41) is 6.83. The predicted octanol–water partition coefficient (Wildman–Crippen LogP) is 5.42. The largest absolute Gasteiger partial charge is 0.288 e. The van der Waals surface area contributed by atoms with Gasteiger partial charge >= 0.3 is 0 Å². The summed E-state index contributed by atoms with van der Waals surface area (Å²) in [6.07, 6.45) is 3.72. The molecule has 0 amide bonds. The zero-order valence-corrected chi connectivity index (χ0v) is 16.3. The molecule has 138 valence electrons. The quantitative estimate of drug-likeness (QED) is 0.435. The van der Waals surface area contributed by atoms with Crippen molar-refractivity contribution in [2.45, 2.75) is 39.3 Å². The molecule has 3 rings (SSSR count). The van der Waals surface area contributed by atoms with Crippen molar-refractivity contribution >= 4 is 6.21 Å². The average molecular weight is 358 g/mol. The van der Waals surface area contributed by atoms with Crippen molar-refractivity contribution in [3.05, 3.63) is 101 Å². The van der Waals surface area contributed by atoms with Crippen molar-refractivity contribution in [3.8, 4) is 0 Å². The monoisotopic (exact) mass is 357 g/mol. The first-order valence-corrected chi connectivity index (χ1v) is 9.34. The number of hydrazone groups is 1. The van der Waals surface area contributed by atoms with Crippen LogP contribution >= 0.6 is 0 Å². The summed E-state index contributed by atoms with van der Waals surface area (Å²) >= 11 is 0. The Kier molecular flexibility index (Phi) is 6.02. The van der Waals surface area contributed by atoms with E-state index in [0.717, 1.165) is 18.8 Å². The fourth-order valence-electron chi connectivity index (χ4n) is 2.85. The van der Waals surface area contributed by atoms with Gasteiger partial charge in [0.2, 0.25) is 0 Å². The Morgan fingerprint density at radius 2 is 1.41 bits per heavy atom. The molecule has 0 N–H and O–H groups in total. The Morgan fingerprint density at radius 3 is 1.93 bits per heavy atom. The molecule has 0 aliphatic rings. The molecule has 3 heteroatoms. The number of rotatable bonds is 6. The Morgan fingerprint density at radius 1 is 0.852 bits per heavy atom. The Labute approximate surface area is 162 Å². The van der Waals surface area contributed by atoms with Gasteiger partial charge in [-0.1, -0.05) is 81.4 Å². The highest BCUT2D eigenvalue weighted by Gasteiger charge is 2.13. The minimum absolute atomic E-state index is 0.0965. The first kappa shape index (κ1) is 18.8. The minimum Gasteiger partial charge on any atom is -0.288 e. The van der Waals surface area contributed by atoms with Crippen molar-refractivity contribution in [2.24, 2.45) is 5.10 Å². The van der Waals surface area contributed by atoms with E-state index in [1.54, 1.807) is 0 Å². The molecule has 0 unspecified atom stereocenters. The summed E-state index contributed by atoms with van der Waals surface area (Å²) in [5.74, 6) is 0. The van der Waals surface area contributed by atoms with Gasteiger partial charge in [-0.05, 0) is 34.2 Å². The van der Waals surface area contributed by atoms with E-state index in [-0.39, 0.29) is 5.41 Å². The summed E-state index contributed by atoms with van der Waals surface area (Å²) in [6.45, 7) is 8.14. The molecule has 0 radical (unpaired) electrons. The van der Waals surface area contributed by atoms with E-state index in [0.29, 0.717) is 0 Å². The fourth-order valence-corrected chi connectivity index (χ4v) is 2.85. The third kappa shape index (κ3) is 5.78. The SMILES string of the molecule is CC(C)(C)c1ccnc(/C=N/N(Cc2ccccc2)Cc2ccccc2)c1. The second-order valence-electron chi connectivity index (χ2n) is 7.76. The highest BCUT2D eigenvalue weighted by atomic mass is 15.4. The van der Waals surface area contributed by atoms with E-state index in [9.17, 15) is 0 Å². The topological polar surface area (TPSA) is 28.5 Å². The molecule has 3 nitrogen and oxygen atoms in total. The number of benzene rings is 2. The third-order valence-corrected chi connectivity index (χ3v) is 4.42. The van der Waals surface area contributed by atoms with E-state index in [1.165, 1.54) is 16.7 Å². The molecule has 0 aliphatic carbocycles. The highest BCUT2D eigenvalue weighted by molar-refractivity contribution is 5.77. The number of hydrogen-bond acceptors (Lipinski definition) is 3.